The molecular weight excluding hydrogens is 266 g/mol. The summed E-state index contributed by atoms with van der Waals surface area (Å²) in [5.74, 6) is -2.12. The molecule has 20 heavy (non-hydrogen) atoms. The molecule has 2 aliphatic rings. The zero-order valence-corrected chi connectivity index (χ0v) is 11.2. The summed E-state index contributed by atoms with van der Waals surface area (Å²) in [5, 5.41) is 5.22. The van der Waals surface area contributed by atoms with E-state index < -0.39 is 24.9 Å². The molecule has 1 amide bonds. The Hall–Kier alpha value is -1.50. The van der Waals surface area contributed by atoms with Crippen molar-refractivity contribution in [1.29, 1.82) is 0 Å². The molecule has 3 rings (SSSR count). The van der Waals surface area contributed by atoms with Gasteiger partial charge in [0, 0.05) is 25.6 Å². The van der Waals surface area contributed by atoms with Gasteiger partial charge in [0.25, 0.3) is 5.92 Å². The fraction of sp³-hybridized carbons (Fsp3) is 0.692. The van der Waals surface area contributed by atoms with Crippen molar-refractivity contribution in [3.8, 4) is 0 Å². The van der Waals surface area contributed by atoms with Crippen molar-refractivity contribution < 1.29 is 13.6 Å². The zero-order valence-electron chi connectivity index (χ0n) is 11.2. The van der Waals surface area contributed by atoms with Gasteiger partial charge in [0.05, 0.1) is 24.8 Å². The summed E-state index contributed by atoms with van der Waals surface area (Å²) in [4.78, 5) is 16.3. The first-order valence-corrected chi connectivity index (χ1v) is 6.97. The number of nitrogens with zero attached hydrogens (tertiary/aromatic N) is 2. The van der Waals surface area contributed by atoms with Crippen LogP contribution in [0.1, 0.15) is 30.8 Å². The molecule has 3 heterocycles. The number of hydrogen-bond donors (Lipinski definition) is 2. The van der Waals surface area contributed by atoms with Crippen molar-refractivity contribution in [1.82, 2.24) is 20.2 Å². The van der Waals surface area contributed by atoms with Gasteiger partial charge < -0.3 is 9.88 Å². The third-order valence-corrected chi connectivity index (χ3v) is 3.83. The van der Waals surface area contributed by atoms with E-state index in [-0.39, 0.29) is 5.91 Å². The van der Waals surface area contributed by atoms with Gasteiger partial charge in [-0.3, -0.25) is 10.1 Å². The van der Waals surface area contributed by atoms with Gasteiger partial charge in [0.15, 0.2) is 0 Å². The van der Waals surface area contributed by atoms with Crippen molar-refractivity contribution in [3.05, 3.63) is 17.7 Å². The highest BCUT2D eigenvalue weighted by atomic mass is 19.3. The highest BCUT2D eigenvalue weighted by molar-refractivity contribution is 5.82. The first-order valence-electron chi connectivity index (χ1n) is 6.97. The van der Waals surface area contributed by atoms with E-state index in [0.717, 1.165) is 37.3 Å². The van der Waals surface area contributed by atoms with Crippen LogP contribution in [0, 0.1) is 0 Å². The van der Waals surface area contributed by atoms with Gasteiger partial charge in [-0.25, -0.2) is 13.8 Å². The van der Waals surface area contributed by atoms with Gasteiger partial charge in [-0.1, -0.05) is 0 Å². The maximum absolute atomic E-state index is 13.0. The Kier molecular flexibility index (Phi) is 3.45. The number of fused-ring (bicyclic) bond motifs is 1. The number of carbonyl (C=O) groups excluding carboxylic acids is 1. The lowest BCUT2D eigenvalue weighted by Gasteiger charge is -2.11. The van der Waals surface area contributed by atoms with Crippen LogP contribution in [0.5, 0.6) is 0 Å². The Balaban J connectivity index is 1.54. The zero-order chi connectivity index (χ0) is 14.2. The molecule has 1 saturated heterocycles. The molecule has 0 aromatic carbocycles. The second-order valence-electron chi connectivity index (χ2n) is 5.51. The molecule has 0 aliphatic carbocycles. The number of nitrogens with one attached hydrogen (secondary N) is 2. The summed E-state index contributed by atoms with van der Waals surface area (Å²) < 4.78 is 28.1. The van der Waals surface area contributed by atoms with E-state index in [1.54, 1.807) is 0 Å². The number of hydrogen-bond acceptors (Lipinski definition) is 3. The molecule has 2 N–H and O–H groups in total. The fourth-order valence-corrected chi connectivity index (χ4v) is 2.76. The highest BCUT2D eigenvalue weighted by Crippen LogP contribution is 2.25. The van der Waals surface area contributed by atoms with Crippen LogP contribution in [-0.2, 0) is 24.3 Å². The minimum absolute atomic E-state index is 0.294. The average Bonchev–Trinajstić information content (AvgIpc) is 2.98. The molecule has 0 radical (unpaired) electrons. The molecular formula is C13H18F2N4O. The molecule has 110 valence electrons. The number of aromatic nitrogens is 2. The third-order valence-electron chi connectivity index (χ3n) is 3.83. The van der Waals surface area contributed by atoms with Crippen molar-refractivity contribution in [3.63, 3.8) is 0 Å². The summed E-state index contributed by atoms with van der Waals surface area (Å²) in [5.41, 5.74) is 0.792. The maximum Gasteiger partial charge on any atom is 0.262 e. The Morgan fingerprint density at radius 2 is 2.40 bits per heavy atom. The first-order chi connectivity index (χ1) is 9.53. The second kappa shape index (κ2) is 5.12. The molecule has 1 aromatic rings. The minimum Gasteiger partial charge on any atom is -0.349 e. The monoisotopic (exact) mass is 284 g/mol. The summed E-state index contributed by atoms with van der Waals surface area (Å²) in [7, 11) is 0. The maximum atomic E-state index is 13.0. The van der Waals surface area contributed by atoms with Gasteiger partial charge >= 0.3 is 0 Å². The first kappa shape index (κ1) is 13.5. The molecule has 0 bridgehead atoms. The number of rotatable bonds is 3. The van der Waals surface area contributed by atoms with Crippen LogP contribution in [0.15, 0.2) is 6.20 Å². The summed E-state index contributed by atoms with van der Waals surface area (Å²) in [6.45, 7) is 0.832. The number of carbonyl (C=O) groups is 1. The molecule has 2 aliphatic heterocycles. The number of amides is 1. The molecule has 0 saturated carbocycles. The van der Waals surface area contributed by atoms with Crippen molar-refractivity contribution in [2.24, 2.45) is 0 Å². The fourth-order valence-electron chi connectivity index (χ4n) is 2.76. The Morgan fingerprint density at radius 1 is 1.55 bits per heavy atom. The molecule has 5 nitrogen and oxygen atoms in total. The van der Waals surface area contributed by atoms with Crippen LogP contribution in [0.3, 0.4) is 0 Å². The average molecular weight is 284 g/mol. The van der Waals surface area contributed by atoms with Crippen LogP contribution in [0.25, 0.3) is 0 Å². The molecule has 1 aromatic heterocycles. The summed E-state index contributed by atoms with van der Waals surface area (Å²) >= 11 is 0. The van der Waals surface area contributed by atoms with Gasteiger partial charge in [0.1, 0.15) is 5.82 Å². The lowest BCUT2D eigenvalue weighted by atomic mass is 10.2. The van der Waals surface area contributed by atoms with E-state index in [1.807, 2.05) is 6.20 Å². The largest absolute Gasteiger partial charge is 0.349 e. The van der Waals surface area contributed by atoms with E-state index in [1.165, 1.54) is 0 Å². The minimum atomic E-state index is -2.78. The molecule has 7 heteroatoms. The second-order valence-corrected chi connectivity index (χ2v) is 5.51. The van der Waals surface area contributed by atoms with E-state index in [9.17, 15) is 13.6 Å². The van der Waals surface area contributed by atoms with Crippen LogP contribution in [0.2, 0.25) is 0 Å². The Morgan fingerprint density at radius 3 is 3.10 bits per heavy atom. The number of imidazole rings is 1. The third kappa shape index (κ3) is 2.82. The highest BCUT2D eigenvalue weighted by Gasteiger charge is 2.42. The van der Waals surface area contributed by atoms with Gasteiger partial charge in [-0.2, -0.15) is 0 Å². The lowest BCUT2D eigenvalue weighted by molar-refractivity contribution is -0.123. The van der Waals surface area contributed by atoms with Gasteiger partial charge in [-0.05, 0) is 12.8 Å². The van der Waals surface area contributed by atoms with Crippen molar-refractivity contribution in [2.75, 3.05) is 6.54 Å². The smallest absolute Gasteiger partial charge is 0.262 e. The lowest BCUT2D eigenvalue weighted by Crippen LogP contribution is -2.40. The van der Waals surface area contributed by atoms with Gasteiger partial charge in [-0.15, -0.1) is 0 Å². The van der Waals surface area contributed by atoms with Crippen LogP contribution < -0.4 is 10.6 Å². The summed E-state index contributed by atoms with van der Waals surface area (Å²) in [6, 6.07) is -0.803. The van der Waals surface area contributed by atoms with E-state index in [0.29, 0.717) is 6.54 Å². The standard InChI is InChI=1S/C13H18F2N4O/c14-13(15)5-10(17-8-13)12(20)16-6-9-7-19-4-2-1-3-11(19)18-9/h7,10,17H,1-6,8H2,(H,16,20). The molecule has 0 spiro atoms. The van der Waals surface area contributed by atoms with Crippen molar-refractivity contribution in [2.45, 2.75) is 50.7 Å². The number of halogens is 2. The van der Waals surface area contributed by atoms with Gasteiger partial charge in [0.2, 0.25) is 5.91 Å². The predicted octanol–water partition coefficient (Wildman–Crippen LogP) is 0.833. The van der Waals surface area contributed by atoms with E-state index in [4.69, 9.17) is 0 Å². The number of aryl methyl sites for hydroxylation is 2. The van der Waals surface area contributed by atoms with Crippen LogP contribution in [-0.4, -0.2) is 34.0 Å². The van der Waals surface area contributed by atoms with E-state index in [2.05, 4.69) is 20.2 Å². The molecule has 1 fully saturated rings. The van der Waals surface area contributed by atoms with E-state index >= 15 is 0 Å². The number of alkyl halides is 2. The Bertz CT molecular complexity index is 491. The normalized spacial score (nSPS) is 24.4. The Labute approximate surface area is 115 Å². The topological polar surface area (TPSA) is 59.0 Å². The molecule has 1 unspecified atom stereocenters. The SMILES string of the molecule is O=C(NCc1cn2c(n1)CCCC2)C1CC(F)(F)CN1. The van der Waals surface area contributed by atoms with Crippen LogP contribution in [0.4, 0.5) is 8.78 Å². The quantitative estimate of drug-likeness (QED) is 0.864. The summed E-state index contributed by atoms with van der Waals surface area (Å²) in [6.07, 6.45) is 4.76. The molecule has 1 atom stereocenters. The van der Waals surface area contributed by atoms with Crippen LogP contribution >= 0.6 is 0 Å². The van der Waals surface area contributed by atoms with Crippen molar-refractivity contribution >= 4 is 5.91 Å². The predicted molar refractivity (Wildman–Crippen MR) is 68.4 cm³/mol.